The molecule has 142 heavy (non-hydrogen) atoms. The molecule has 0 unspecified atom stereocenters. The molecule has 0 amide bonds. The standard InChI is InChI=1S/C48H35N3.C27H18ClN3.C21H19BO2.C21H14BrN3.C6H6BClO2.HI/c1-48(2)43-30-38(32-14-6-3-7-15-32)24-26-41(43)42-27-25-39(31-44(42)48)36-21-12-20-35(28-36)37-22-13-23-40(29-37)47-50-45(33-16-8-4-9-17-33)49-46(51-47)34-18-10-5-11-19-34;28-24-16-8-14-22(18-24)21-13-7-15-23(17-21)27-30-25(19-9-3-1-4-10-19)29-26(31-27)20-11-5-2-6-12-20;1-21(2)19-12-15(14-6-4-3-5-7-14)8-10-17(19)18-11-9-16(22(23)24)13-20(18)21;22-18-13-7-12-17(14-18)21-24-19(15-8-3-1-4-9-15)23-20(25-21)16-10-5-2-6-11-16;8-6-3-1-2-5(4-6)7(9)10;/h3-31H,1-2H3;1-18H;3-13,23-24H,1-2H3;1-14H;1-4,9-10H;1H/p-1. The van der Waals surface area contributed by atoms with Crippen LogP contribution < -0.4 is 34.9 Å². The van der Waals surface area contributed by atoms with E-state index < -0.39 is 14.2 Å². The maximum absolute atomic E-state index is 9.49. The first-order chi connectivity index (χ1) is 68.7. The molecule has 0 atom stereocenters. The topological polar surface area (TPSA) is 197 Å². The van der Waals surface area contributed by atoms with Gasteiger partial charge in [0, 0.05) is 75.4 Å². The monoisotopic (exact) mass is 2060 g/mol. The normalized spacial score (nSPS) is 11.8. The van der Waals surface area contributed by atoms with Gasteiger partial charge in [0.05, 0.1) is 0 Å². The lowest BCUT2D eigenvalue weighted by Crippen LogP contribution is -3.00. The van der Waals surface area contributed by atoms with Crippen LogP contribution in [0.2, 0.25) is 10.0 Å². The highest BCUT2D eigenvalue weighted by Crippen LogP contribution is 2.52. The summed E-state index contributed by atoms with van der Waals surface area (Å²) < 4.78 is 0.993. The zero-order valence-corrected chi connectivity index (χ0v) is 83.1. The average Bonchev–Trinajstić information content (AvgIpc) is 1.58. The molecule has 23 rings (SSSR count). The Bertz CT molecular complexity index is 7860. The van der Waals surface area contributed by atoms with E-state index in [1.165, 1.54) is 78.4 Å². The van der Waals surface area contributed by atoms with Crippen molar-refractivity contribution in [3.8, 4) is 180 Å². The van der Waals surface area contributed by atoms with E-state index in [-0.39, 0.29) is 34.8 Å². The molecular formula is C123H92B2BrCl2IN9O4-. The minimum absolute atomic E-state index is 0. The van der Waals surface area contributed by atoms with Crippen molar-refractivity contribution in [3.05, 3.63) is 498 Å². The fraction of sp³-hybridized carbons (Fsp3) is 0.0488. The van der Waals surface area contributed by atoms with Crippen molar-refractivity contribution in [1.29, 1.82) is 0 Å². The van der Waals surface area contributed by atoms with Crippen LogP contribution in [0.3, 0.4) is 0 Å². The van der Waals surface area contributed by atoms with Gasteiger partial charge in [-0.15, -0.1) is 0 Å². The number of rotatable bonds is 16. The molecule has 3 heterocycles. The summed E-state index contributed by atoms with van der Waals surface area (Å²) in [5.74, 6) is 5.90. The van der Waals surface area contributed by atoms with Gasteiger partial charge in [0.15, 0.2) is 52.4 Å². The van der Waals surface area contributed by atoms with E-state index >= 15 is 0 Å². The predicted octanol–water partition coefficient (Wildman–Crippen LogP) is 25.4. The van der Waals surface area contributed by atoms with Crippen LogP contribution in [-0.4, -0.2) is 79.2 Å². The summed E-state index contributed by atoms with van der Waals surface area (Å²) in [6.07, 6.45) is 0. The van der Waals surface area contributed by atoms with Crippen LogP contribution in [0.5, 0.6) is 0 Å². The summed E-state index contributed by atoms with van der Waals surface area (Å²) in [5, 5.41) is 37.5. The van der Waals surface area contributed by atoms with Gasteiger partial charge in [0.1, 0.15) is 0 Å². The van der Waals surface area contributed by atoms with Gasteiger partial charge >= 0.3 is 14.2 Å². The molecule has 0 fully saturated rings. The molecule has 2 aliphatic rings. The molecule has 0 saturated carbocycles. The molecule has 4 N–H and O–H groups in total. The van der Waals surface area contributed by atoms with Crippen molar-refractivity contribution in [2.45, 2.75) is 38.5 Å². The van der Waals surface area contributed by atoms with Crippen LogP contribution in [-0.2, 0) is 10.8 Å². The Balaban J connectivity index is 0.000000126. The van der Waals surface area contributed by atoms with E-state index in [1.54, 1.807) is 24.3 Å². The number of hydrogen-bond donors (Lipinski definition) is 4. The minimum atomic E-state index is -1.44. The van der Waals surface area contributed by atoms with Gasteiger partial charge in [-0.25, -0.2) is 44.9 Å². The maximum atomic E-state index is 9.49. The Kier molecular flexibility index (Phi) is 30.1. The highest BCUT2D eigenvalue weighted by molar-refractivity contribution is 9.10. The van der Waals surface area contributed by atoms with Crippen molar-refractivity contribution in [2.75, 3.05) is 0 Å². The van der Waals surface area contributed by atoms with Crippen LogP contribution in [0.25, 0.3) is 180 Å². The molecule has 13 nitrogen and oxygen atoms in total. The maximum Gasteiger partial charge on any atom is 0.488 e. The molecule has 19 heteroatoms. The fourth-order valence-corrected chi connectivity index (χ4v) is 18.6. The SMILES string of the molecule is Brc1cccc(-c2nc(-c3ccccc3)nc(-c3ccccc3)n2)c1.CC1(C)c2cc(-c3ccccc3)ccc2-c2ccc(-c3cccc(-c4cccc(-c5nc(-c6ccccc6)nc(-c6ccccc6)n5)c4)c3)cc21.CC1(C)c2cc(B(O)O)ccc2-c2ccc(-c3ccccc3)cc21.Clc1cccc(-c2cccc(-c3nc(-c4ccccc4)nc(-c4ccccc4)n3)c2)c1.OB(O)c1cccc(Cl)c1.[I-]. The Morgan fingerprint density at radius 1 is 0.190 bits per heavy atom. The van der Waals surface area contributed by atoms with Gasteiger partial charge in [0.25, 0.3) is 0 Å². The second kappa shape index (κ2) is 44.1. The number of halogens is 4. The average molecular weight is 2060 g/mol. The van der Waals surface area contributed by atoms with Gasteiger partial charge < -0.3 is 44.1 Å². The number of nitrogens with zero attached hydrogens (tertiary/aromatic N) is 9. The van der Waals surface area contributed by atoms with E-state index in [2.05, 4.69) is 218 Å². The summed E-state index contributed by atoms with van der Waals surface area (Å²) >= 11 is 15.3. The molecular weight excluding hydrogens is 1970 g/mol. The van der Waals surface area contributed by atoms with E-state index in [4.69, 9.17) is 73.1 Å². The Morgan fingerprint density at radius 3 is 0.676 bits per heavy atom. The van der Waals surface area contributed by atoms with Crippen LogP contribution >= 0.6 is 39.1 Å². The minimum Gasteiger partial charge on any atom is -1.00 e. The molecule has 0 bridgehead atoms. The van der Waals surface area contributed by atoms with Gasteiger partial charge in [-0.2, -0.15) is 0 Å². The lowest BCUT2D eigenvalue weighted by Gasteiger charge is -2.22. The number of benzene rings is 18. The number of fused-ring (bicyclic) bond motifs is 6. The summed E-state index contributed by atoms with van der Waals surface area (Å²) in [4.78, 5) is 43.2. The lowest BCUT2D eigenvalue weighted by atomic mass is 9.75. The quantitative estimate of drug-likeness (QED) is 0.0527. The highest BCUT2D eigenvalue weighted by atomic mass is 127. The molecule has 0 aliphatic heterocycles. The Morgan fingerprint density at radius 2 is 0.394 bits per heavy atom. The van der Waals surface area contributed by atoms with Crippen molar-refractivity contribution in [2.24, 2.45) is 0 Å². The molecule has 18 aromatic carbocycles. The van der Waals surface area contributed by atoms with E-state index in [1.807, 2.05) is 261 Å². The highest BCUT2D eigenvalue weighted by Gasteiger charge is 2.38. The second-order valence-electron chi connectivity index (χ2n) is 35.2. The third-order valence-corrected chi connectivity index (χ3v) is 26.1. The summed E-state index contributed by atoms with van der Waals surface area (Å²) in [6.45, 7) is 9.09. The van der Waals surface area contributed by atoms with Gasteiger partial charge in [0.2, 0.25) is 0 Å². The van der Waals surface area contributed by atoms with Crippen molar-refractivity contribution < 1.29 is 44.1 Å². The third-order valence-electron chi connectivity index (χ3n) is 25.1. The summed E-state index contributed by atoms with van der Waals surface area (Å²) in [5.41, 5.74) is 31.2. The first-order valence-corrected chi connectivity index (χ1v) is 47.9. The zero-order chi connectivity index (χ0) is 96.9. The molecule has 688 valence electrons. The van der Waals surface area contributed by atoms with Crippen LogP contribution in [0.4, 0.5) is 0 Å². The third kappa shape index (κ3) is 22.3. The Hall–Kier alpha value is -15.3. The molecule has 2 aliphatic carbocycles. The fourth-order valence-electron chi connectivity index (χ4n) is 17.8. The van der Waals surface area contributed by atoms with Crippen molar-refractivity contribution >= 4 is 64.3 Å². The molecule has 0 spiro atoms. The first kappa shape index (κ1) is 97.0. The smallest absolute Gasteiger partial charge is 0.488 e. The van der Waals surface area contributed by atoms with Gasteiger partial charge in [-0.3, -0.25) is 0 Å². The lowest BCUT2D eigenvalue weighted by molar-refractivity contribution is -0.0000324. The van der Waals surface area contributed by atoms with E-state index in [9.17, 15) is 10.0 Å². The number of hydrogen-bond acceptors (Lipinski definition) is 13. The van der Waals surface area contributed by atoms with E-state index in [0.29, 0.717) is 73.4 Å². The summed E-state index contributed by atoms with van der Waals surface area (Å²) in [6, 6.07) is 155. The van der Waals surface area contributed by atoms with Gasteiger partial charge in [-0.05, 0) is 184 Å². The predicted molar refractivity (Wildman–Crippen MR) is 581 cm³/mol. The second-order valence-corrected chi connectivity index (χ2v) is 37.0. The molecule has 0 radical (unpaired) electrons. The first-order valence-electron chi connectivity index (χ1n) is 46.4. The number of aromatic nitrogens is 9. The van der Waals surface area contributed by atoms with Crippen LogP contribution in [0.1, 0.15) is 49.9 Å². The Labute approximate surface area is 862 Å². The molecule has 21 aromatic rings. The molecule has 0 saturated heterocycles. The van der Waals surface area contributed by atoms with Crippen molar-refractivity contribution in [1.82, 2.24) is 44.9 Å². The molecule has 3 aromatic heterocycles. The van der Waals surface area contributed by atoms with Crippen molar-refractivity contribution in [3.63, 3.8) is 0 Å². The van der Waals surface area contributed by atoms with Crippen LogP contribution in [0, 0.1) is 0 Å². The van der Waals surface area contributed by atoms with Gasteiger partial charge in [-0.1, -0.05) is 455 Å². The largest absolute Gasteiger partial charge is 1.00 e. The zero-order valence-electron chi connectivity index (χ0n) is 77.9. The van der Waals surface area contributed by atoms with E-state index in [0.717, 1.165) is 82.4 Å². The van der Waals surface area contributed by atoms with Crippen LogP contribution in [0.15, 0.2) is 466 Å². The summed E-state index contributed by atoms with van der Waals surface area (Å²) in [7, 11) is -2.87.